The molecule has 0 amide bonds. The number of esters is 1. The molecule has 144 valence electrons. The molecular weight excluding hydrogens is 334 g/mol. The molecule has 3 nitrogen and oxygen atoms in total. The maximum Gasteiger partial charge on any atom is 0.309 e. The maximum atomic E-state index is 12.2. The molecule has 1 heterocycles. The van der Waals surface area contributed by atoms with Crippen LogP contribution in [0.3, 0.4) is 0 Å². The van der Waals surface area contributed by atoms with Crippen molar-refractivity contribution < 1.29 is 9.53 Å². The van der Waals surface area contributed by atoms with Gasteiger partial charge < -0.3 is 10.1 Å². The van der Waals surface area contributed by atoms with Crippen LogP contribution in [0, 0.1) is 19.8 Å². The molecule has 3 unspecified atom stereocenters. The first-order valence-electron chi connectivity index (χ1n) is 10.0. The Kier molecular flexibility index (Phi) is 6.68. The van der Waals surface area contributed by atoms with Gasteiger partial charge in [-0.3, -0.25) is 4.79 Å². The average Bonchev–Trinajstić information content (AvgIpc) is 3.01. The van der Waals surface area contributed by atoms with Gasteiger partial charge in [-0.2, -0.15) is 0 Å². The Hall–Kier alpha value is -2.13. The molecule has 0 radical (unpaired) electrons. The molecule has 1 fully saturated rings. The van der Waals surface area contributed by atoms with Crippen LogP contribution < -0.4 is 5.32 Å². The molecule has 0 aromatic heterocycles. The van der Waals surface area contributed by atoms with E-state index in [4.69, 9.17) is 4.74 Å². The Morgan fingerprint density at radius 3 is 2.33 bits per heavy atom. The third kappa shape index (κ3) is 5.67. The summed E-state index contributed by atoms with van der Waals surface area (Å²) >= 11 is 0. The minimum absolute atomic E-state index is 0.00243. The summed E-state index contributed by atoms with van der Waals surface area (Å²) in [7, 11) is 0. The van der Waals surface area contributed by atoms with Crippen LogP contribution in [0.4, 0.5) is 0 Å². The summed E-state index contributed by atoms with van der Waals surface area (Å²) in [4.78, 5) is 12.2. The highest BCUT2D eigenvalue weighted by Gasteiger charge is 2.33. The molecule has 3 atom stereocenters. The van der Waals surface area contributed by atoms with Crippen LogP contribution in [0.1, 0.15) is 54.4 Å². The van der Waals surface area contributed by atoms with Gasteiger partial charge >= 0.3 is 5.97 Å². The van der Waals surface area contributed by atoms with Crippen LogP contribution in [0.15, 0.2) is 48.5 Å². The first kappa shape index (κ1) is 19.6. The van der Waals surface area contributed by atoms with E-state index < -0.39 is 0 Å². The van der Waals surface area contributed by atoms with E-state index in [-0.39, 0.29) is 18.0 Å². The normalized spacial score (nSPS) is 20.5. The zero-order chi connectivity index (χ0) is 19.2. The average molecular weight is 366 g/mol. The Labute approximate surface area is 163 Å². The van der Waals surface area contributed by atoms with Crippen LogP contribution >= 0.6 is 0 Å². The van der Waals surface area contributed by atoms with Crippen LogP contribution in [0.5, 0.6) is 0 Å². The molecule has 1 aliphatic rings. The molecule has 1 saturated heterocycles. The first-order valence-corrected chi connectivity index (χ1v) is 10.0. The van der Waals surface area contributed by atoms with Crippen molar-refractivity contribution in [3.8, 4) is 0 Å². The number of carbonyl (C=O) groups excluding carboxylic acids is 1. The molecule has 2 aromatic rings. The Bertz CT molecular complexity index is 736. The smallest absolute Gasteiger partial charge is 0.309 e. The van der Waals surface area contributed by atoms with E-state index in [9.17, 15) is 4.79 Å². The monoisotopic (exact) mass is 365 g/mol. The van der Waals surface area contributed by atoms with Gasteiger partial charge in [0, 0.05) is 13.1 Å². The van der Waals surface area contributed by atoms with E-state index in [0.717, 1.165) is 32.4 Å². The number of carbonyl (C=O) groups is 1. The van der Waals surface area contributed by atoms with Gasteiger partial charge in [0.05, 0.1) is 5.92 Å². The van der Waals surface area contributed by atoms with Gasteiger partial charge in [0.25, 0.3) is 0 Å². The van der Waals surface area contributed by atoms with Crippen LogP contribution in [0.2, 0.25) is 0 Å². The van der Waals surface area contributed by atoms with Crippen molar-refractivity contribution >= 4 is 5.97 Å². The molecule has 27 heavy (non-hydrogen) atoms. The van der Waals surface area contributed by atoms with Crippen molar-refractivity contribution in [3.05, 3.63) is 70.8 Å². The largest absolute Gasteiger partial charge is 0.461 e. The summed E-state index contributed by atoms with van der Waals surface area (Å²) < 4.78 is 5.58. The molecule has 0 bridgehead atoms. The van der Waals surface area contributed by atoms with Crippen LogP contribution in [-0.2, 0) is 16.1 Å². The number of hydrogen-bond donors (Lipinski definition) is 1. The van der Waals surface area contributed by atoms with E-state index in [1.807, 2.05) is 0 Å². The minimum Gasteiger partial charge on any atom is -0.461 e. The topological polar surface area (TPSA) is 38.3 Å². The summed E-state index contributed by atoms with van der Waals surface area (Å²) in [5.74, 6) is 0.495. The van der Waals surface area contributed by atoms with E-state index in [2.05, 4.69) is 74.6 Å². The summed E-state index contributed by atoms with van der Waals surface area (Å²) in [6.45, 7) is 7.98. The predicted octanol–water partition coefficient (Wildman–Crippen LogP) is 4.91. The number of nitrogens with one attached hydrogen (secondary N) is 1. The van der Waals surface area contributed by atoms with Gasteiger partial charge in [0.15, 0.2) is 0 Å². The van der Waals surface area contributed by atoms with Gasteiger partial charge in [-0.25, -0.2) is 0 Å². The minimum atomic E-state index is -0.0201. The van der Waals surface area contributed by atoms with Crippen molar-refractivity contribution in [2.24, 2.45) is 5.92 Å². The molecule has 1 N–H and O–H groups in total. The lowest BCUT2D eigenvalue weighted by Crippen LogP contribution is -2.26. The lowest BCUT2D eigenvalue weighted by molar-refractivity contribution is -0.144. The Balaban J connectivity index is 1.40. The van der Waals surface area contributed by atoms with Gasteiger partial charge in [-0.1, -0.05) is 66.6 Å². The van der Waals surface area contributed by atoms with Gasteiger partial charge in [0.1, 0.15) is 6.10 Å². The maximum absolute atomic E-state index is 12.2. The summed E-state index contributed by atoms with van der Waals surface area (Å²) in [5.41, 5.74) is 5.16. The SMILES string of the molecule is Cc1ccc(CNCC2CC(CCC(C)c3ccc(C)cc3)C(=O)O2)cc1. The Morgan fingerprint density at radius 2 is 1.67 bits per heavy atom. The lowest BCUT2D eigenvalue weighted by atomic mass is 9.90. The second-order valence-corrected chi connectivity index (χ2v) is 8.00. The molecule has 2 aromatic carbocycles. The predicted molar refractivity (Wildman–Crippen MR) is 110 cm³/mol. The summed E-state index contributed by atoms with van der Waals surface area (Å²) in [5, 5.41) is 3.42. The van der Waals surface area contributed by atoms with E-state index in [0.29, 0.717) is 5.92 Å². The Morgan fingerprint density at radius 1 is 1.04 bits per heavy atom. The summed E-state index contributed by atoms with van der Waals surface area (Å²) in [6, 6.07) is 17.2. The molecule has 0 spiro atoms. The number of ether oxygens (including phenoxy) is 1. The van der Waals surface area contributed by atoms with Crippen molar-refractivity contribution in [2.75, 3.05) is 6.54 Å². The fourth-order valence-corrected chi connectivity index (χ4v) is 3.68. The van der Waals surface area contributed by atoms with Crippen molar-refractivity contribution in [3.63, 3.8) is 0 Å². The standard InChI is InChI=1S/C24H31NO2/c1-17-4-9-20(10-5-17)15-25-16-23-14-22(24(26)27-23)13-8-19(3)21-11-6-18(2)7-12-21/h4-7,9-12,19,22-23,25H,8,13-16H2,1-3H3. The van der Waals surface area contributed by atoms with E-state index in [1.165, 1.54) is 22.3 Å². The van der Waals surface area contributed by atoms with Crippen molar-refractivity contribution in [2.45, 2.75) is 58.6 Å². The zero-order valence-corrected chi connectivity index (χ0v) is 16.7. The number of benzene rings is 2. The lowest BCUT2D eigenvalue weighted by Gasteiger charge is -2.14. The molecular formula is C24H31NO2. The molecule has 3 heteroatoms. The number of cyclic esters (lactones) is 1. The second-order valence-electron chi connectivity index (χ2n) is 8.00. The first-order chi connectivity index (χ1) is 13.0. The second kappa shape index (κ2) is 9.18. The highest BCUT2D eigenvalue weighted by atomic mass is 16.6. The number of aryl methyl sites for hydroxylation is 2. The van der Waals surface area contributed by atoms with Gasteiger partial charge in [-0.15, -0.1) is 0 Å². The molecule has 3 rings (SSSR count). The molecule has 0 saturated carbocycles. The third-order valence-corrected chi connectivity index (χ3v) is 5.58. The fraction of sp³-hybridized carbons (Fsp3) is 0.458. The quantitative estimate of drug-likeness (QED) is 0.676. The van der Waals surface area contributed by atoms with Crippen molar-refractivity contribution in [1.29, 1.82) is 0 Å². The molecule has 0 aliphatic carbocycles. The molecule has 1 aliphatic heterocycles. The van der Waals surface area contributed by atoms with E-state index >= 15 is 0 Å². The van der Waals surface area contributed by atoms with Crippen LogP contribution in [-0.4, -0.2) is 18.6 Å². The van der Waals surface area contributed by atoms with Gasteiger partial charge in [-0.05, 0) is 50.2 Å². The van der Waals surface area contributed by atoms with Gasteiger partial charge in [0.2, 0.25) is 0 Å². The highest BCUT2D eigenvalue weighted by Crippen LogP contribution is 2.29. The fourth-order valence-electron chi connectivity index (χ4n) is 3.68. The zero-order valence-electron chi connectivity index (χ0n) is 16.7. The van der Waals surface area contributed by atoms with Crippen molar-refractivity contribution in [1.82, 2.24) is 5.32 Å². The van der Waals surface area contributed by atoms with E-state index in [1.54, 1.807) is 0 Å². The number of rotatable bonds is 8. The van der Waals surface area contributed by atoms with Crippen LogP contribution in [0.25, 0.3) is 0 Å². The highest BCUT2D eigenvalue weighted by molar-refractivity contribution is 5.74. The number of hydrogen-bond acceptors (Lipinski definition) is 3. The third-order valence-electron chi connectivity index (χ3n) is 5.58. The summed E-state index contributed by atoms with van der Waals surface area (Å²) in [6.07, 6.45) is 2.76.